The Labute approximate surface area is 276 Å². The molecule has 2 unspecified atom stereocenters. The van der Waals surface area contributed by atoms with Gasteiger partial charge in [-0.1, -0.05) is 12.1 Å². The molecule has 2 aliphatic rings. The van der Waals surface area contributed by atoms with E-state index < -0.39 is 23.9 Å². The first kappa shape index (κ1) is 32.7. The molecule has 1 aromatic heterocycles. The van der Waals surface area contributed by atoms with Crippen molar-refractivity contribution in [3.63, 3.8) is 0 Å². The number of carbonyl (C=O) groups is 2. The van der Waals surface area contributed by atoms with Crippen molar-refractivity contribution in [3.8, 4) is 11.5 Å². The number of amides is 3. The van der Waals surface area contributed by atoms with Gasteiger partial charge in [0.1, 0.15) is 23.4 Å². The summed E-state index contributed by atoms with van der Waals surface area (Å²) in [6.07, 6.45) is 0. The largest absolute Gasteiger partial charge is 0.497 e. The zero-order valence-electron chi connectivity index (χ0n) is 27.0. The van der Waals surface area contributed by atoms with Gasteiger partial charge in [-0.2, -0.15) is 0 Å². The van der Waals surface area contributed by atoms with Crippen molar-refractivity contribution in [1.29, 1.82) is 0 Å². The number of urea groups is 1. The molecular formula is C34H38FN7O6. The van der Waals surface area contributed by atoms with Gasteiger partial charge in [0.25, 0.3) is 5.56 Å². The fourth-order valence-electron chi connectivity index (χ4n) is 6.06. The molecule has 2 saturated heterocycles. The molecule has 0 aliphatic carbocycles. The van der Waals surface area contributed by atoms with E-state index in [1.165, 1.54) is 48.1 Å². The lowest BCUT2D eigenvalue weighted by Crippen LogP contribution is -2.60. The topological polar surface area (TPSA) is 130 Å². The van der Waals surface area contributed by atoms with Crippen molar-refractivity contribution in [2.75, 3.05) is 75.4 Å². The second kappa shape index (κ2) is 14.3. The maximum absolute atomic E-state index is 14.3. The first-order valence-corrected chi connectivity index (χ1v) is 15.7. The molecule has 4 aromatic rings. The van der Waals surface area contributed by atoms with E-state index in [0.717, 1.165) is 0 Å². The van der Waals surface area contributed by atoms with Crippen LogP contribution in [0.3, 0.4) is 0 Å². The highest BCUT2D eigenvalue weighted by atomic mass is 19.1. The Morgan fingerprint density at radius 3 is 2.48 bits per heavy atom. The molecule has 2 aliphatic heterocycles. The van der Waals surface area contributed by atoms with Gasteiger partial charge in [-0.05, 0) is 55.5 Å². The van der Waals surface area contributed by atoms with Crippen LogP contribution in [0.1, 0.15) is 18.8 Å². The summed E-state index contributed by atoms with van der Waals surface area (Å²) in [4.78, 5) is 49.8. The minimum atomic E-state index is -0.840. The number of carbonyl (C=O) groups excluding carboxylic acids is 2. The van der Waals surface area contributed by atoms with Crippen LogP contribution in [0.2, 0.25) is 0 Å². The summed E-state index contributed by atoms with van der Waals surface area (Å²) >= 11 is 0. The molecule has 0 saturated carbocycles. The smallest absolute Gasteiger partial charge is 0.327 e. The predicted octanol–water partition coefficient (Wildman–Crippen LogP) is 3.12. The van der Waals surface area contributed by atoms with Crippen molar-refractivity contribution in [2.45, 2.75) is 19.0 Å². The molecule has 3 heterocycles. The first-order chi connectivity index (χ1) is 23.3. The maximum Gasteiger partial charge on any atom is 0.327 e. The van der Waals surface area contributed by atoms with Crippen molar-refractivity contribution in [1.82, 2.24) is 19.9 Å². The van der Waals surface area contributed by atoms with Gasteiger partial charge in [0.05, 0.1) is 63.2 Å². The fourth-order valence-corrected chi connectivity index (χ4v) is 6.06. The van der Waals surface area contributed by atoms with E-state index in [-0.39, 0.29) is 11.5 Å². The summed E-state index contributed by atoms with van der Waals surface area (Å²) in [5.74, 6) is 0.683. The standard InChI is InChI=1S/C34H38FN7O6/c1-22(41(29-13-12-25(46-2)20-30(29)47-3)34(45)37-24-10-8-23(35)9-11-24)31-38-27-7-5-4-6-26(27)32(43)42(31)40-17-15-39(16-18-40)33(44)28-21-48-19-14-36-28/h4-13,20,22,28,36H,14-19,21H2,1-3H3,(H,37,45). The number of aromatic nitrogens is 2. The molecule has 6 rings (SSSR count). The van der Waals surface area contributed by atoms with Gasteiger partial charge in [0.2, 0.25) is 5.91 Å². The molecule has 0 spiro atoms. The Bertz CT molecular complexity index is 1840. The number of rotatable bonds is 8. The minimum absolute atomic E-state index is 0.0397. The summed E-state index contributed by atoms with van der Waals surface area (Å²) in [6.45, 7) is 4.74. The number of nitrogens with zero attached hydrogens (tertiary/aromatic N) is 5. The monoisotopic (exact) mass is 659 g/mol. The number of benzene rings is 3. The van der Waals surface area contributed by atoms with Crippen LogP contribution >= 0.6 is 0 Å². The Kier molecular flexibility index (Phi) is 9.73. The average molecular weight is 660 g/mol. The Hall–Kier alpha value is -5.21. The third-order valence-electron chi connectivity index (χ3n) is 8.57. The van der Waals surface area contributed by atoms with Crippen molar-refractivity contribution >= 4 is 34.2 Å². The SMILES string of the molecule is COc1ccc(N(C(=O)Nc2ccc(F)cc2)C(C)c2nc3ccccc3c(=O)n2N2CCN(C(=O)C3COCCN3)CC2)c(OC)c1. The highest BCUT2D eigenvalue weighted by molar-refractivity contribution is 6.03. The Morgan fingerprint density at radius 2 is 1.79 bits per heavy atom. The van der Waals surface area contributed by atoms with Crippen molar-refractivity contribution < 1.29 is 28.2 Å². The van der Waals surface area contributed by atoms with Gasteiger partial charge in [0.15, 0.2) is 5.82 Å². The number of anilines is 2. The average Bonchev–Trinajstić information content (AvgIpc) is 3.13. The maximum atomic E-state index is 14.3. The molecule has 2 N–H and O–H groups in total. The second-order valence-corrected chi connectivity index (χ2v) is 11.5. The van der Waals surface area contributed by atoms with Gasteiger partial charge in [0, 0.05) is 31.4 Å². The number of fused-ring (bicyclic) bond motifs is 1. The molecule has 0 bridgehead atoms. The van der Waals surface area contributed by atoms with Crippen LogP contribution in [-0.2, 0) is 9.53 Å². The van der Waals surface area contributed by atoms with Crippen LogP contribution in [0.4, 0.5) is 20.6 Å². The summed E-state index contributed by atoms with van der Waals surface area (Å²) in [5, 5.41) is 8.34. The number of morpholine rings is 1. The molecule has 2 fully saturated rings. The number of hydrogen-bond donors (Lipinski definition) is 2. The molecule has 13 nitrogen and oxygen atoms in total. The number of halogens is 1. The van der Waals surface area contributed by atoms with Crippen LogP contribution in [0.15, 0.2) is 71.5 Å². The van der Waals surface area contributed by atoms with E-state index in [0.29, 0.717) is 85.5 Å². The third kappa shape index (κ3) is 6.62. The summed E-state index contributed by atoms with van der Waals surface area (Å²) in [7, 11) is 3.01. The number of nitrogens with one attached hydrogen (secondary N) is 2. The molecule has 2 atom stereocenters. The first-order valence-electron chi connectivity index (χ1n) is 15.7. The van der Waals surface area contributed by atoms with E-state index in [1.54, 1.807) is 54.3 Å². The number of ether oxygens (including phenoxy) is 3. The van der Waals surface area contributed by atoms with Crippen LogP contribution < -0.4 is 35.6 Å². The number of methoxy groups -OCH3 is 2. The lowest BCUT2D eigenvalue weighted by Gasteiger charge is -2.40. The lowest BCUT2D eigenvalue weighted by molar-refractivity contribution is -0.136. The van der Waals surface area contributed by atoms with E-state index in [9.17, 15) is 18.8 Å². The minimum Gasteiger partial charge on any atom is -0.497 e. The Balaban J connectivity index is 1.40. The highest BCUT2D eigenvalue weighted by Gasteiger charge is 2.34. The second-order valence-electron chi connectivity index (χ2n) is 11.5. The molecule has 0 radical (unpaired) electrons. The lowest BCUT2D eigenvalue weighted by atomic mass is 10.1. The van der Waals surface area contributed by atoms with E-state index in [1.807, 2.05) is 5.01 Å². The zero-order valence-corrected chi connectivity index (χ0v) is 27.0. The number of para-hydroxylation sites is 1. The van der Waals surface area contributed by atoms with Gasteiger partial charge in [-0.25, -0.2) is 18.8 Å². The summed E-state index contributed by atoms with van der Waals surface area (Å²) in [5.41, 5.74) is 0.925. The van der Waals surface area contributed by atoms with Crippen molar-refractivity contribution in [2.24, 2.45) is 0 Å². The number of hydrogen-bond acceptors (Lipinski definition) is 9. The van der Waals surface area contributed by atoms with Gasteiger partial charge >= 0.3 is 6.03 Å². The summed E-state index contributed by atoms with van der Waals surface area (Å²) < 4.78 is 31.8. The van der Waals surface area contributed by atoms with Crippen LogP contribution in [0.5, 0.6) is 11.5 Å². The van der Waals surface area contributed by atoms with Crippen LogP contribution in [0.25, 0.3) is 10.9 Å². The van der Waals surface area contributed by atoms with Gasteiger partial charge in [-0.3, -0.25) is 14.5 Å². The quantitative estimate of drug-likeness (QED) is 0.293. The molecule has 252 valence electrons. The Morgan fingerprint density at radius 1 is 1.04 bits per heavy atom. The molecule has 14 heteroatoms. The summed E-state index contributed by atoms with van der Waals surface area (Å²) in [6, 6.07) is 15.7. The predicted molar refractivity (Wildman–Crippen MR) is 179 cm³/mol. The zero-order chi connectivity index (χ0) is 33.8. The van der Waals surface area contributed by atoms with E-state index in [2.05, 4.69) is 10.6 Å². The van der Waals surface area contributed by atoms with Gasteiger partial charge in [-0.15, -0.1) is 0 Å². The number of piperazine rings is 1. The molecule has 48 heavy (non-hydrogen) atoms. The van der Waals surface area contributed by atoms with Crippen molar-refractivity contribution in [3.05, 3.63) is 88.7 Å². The third-order valence-corrected chi connectivity index (χ3v) is 8.57. The van der Waals surface area contributed by atoms with E-state index >= 15 is 0 Å². The molecular weight excluding hydrogens is 621 g/mol. The normalized spacial score (nSPS) is 17.1. The van der Waals surface area contributed by atoms with Crippen LogP contribution in [-0.4, -0.2) is 92.7 Å². The highest BCUT2D eigenvalue weighted by Crippen LogP contribution is 2.37. The molecule has 3 amide bonds. The van der Waals surface area contributed by atoms with E-state index in [4.69, 9.17) is 19.2 Å². The van der Waals surface area contributed by atoms with Crippen LogP contribution in [0, 0.1) is 5.82 Å². The molecule has 3 aromatic carbocycles. The van der Waals surface area contributed by atoms with Gasteiger partial charge < -0.3 is 34.8 Å². The fraction of sp³-hybridized carbons (Fsp3) is 0.353.